The monoisotopic (exact) mass is 348 g/mol. The maximum atomic E-state index is 12.4. The van der Waals surface area contributed by atoms with Gasteiger partial charge in [0.05, 0.1) is 23.8 Å². The average molecular weight is 348 g/mol. The Balaban J connectivity index is 1.44. The van der Waals surface area contributed by atoms with Crippen LogP contribution in [0.1, 0.15) is 34.7 Å². The van der Waals surface area contributed by atoms with Crippen molar-refractivity contribution in [2.45, 2.75) is 38.4 Å². The van der Waals surface area contributed by atoms with Gasteiger partial charge in [-0.05, 0) is 32.8 Å². The molecule has 1 spiro atoms. The summed E-state index contributed by atoms with van der Waals surface area (Å²) in [5.41, 5.74) is 0.285. The summed E-state index contributed by atoms with van der Waals surface area (Å²) in [6.07, 6.45) is 2.05. The fourth-order valence-electron chi connectivity index (χ4n) is 4.92. The zero-order chi connectivity index (χ0) is 17.8. The van der Waals surface area contributed by atoms with E-state index >= 15 is 0 Å². The second kappa shape index (κ2) is 5.85. The Kier molecular flexibility index (Phi) is 3.88. The quantitative estimate of drug-likeness (QED) is 0.832. The zero-order valence-electron chi connectivity index (χ0n) is 14.6. The summed E-state index contributed by atoms with van der Waals surface area (Å²) in [5, 5.41) is 12.1. The predicted molar refractivity (Wildman–Crippen MR) is 88.0 cm³/mol. The number of hydrogen-bond donors (Lipinski definition) is 2. The van der Waals surface area contributed by atoms with Crippen molar-refractivity contribution < 1.29 is 23.8 Å². The van der Waals surface area contributed by atoms with Gasteiger partial charge < -0.3 is 24.5 Å². The number of amides is 2. The molecule has 0 radical (unpaired) electrons. The lowest BCUT2D eigenvalue weighted by molar-refractivity contribution is -0.134. The molecule has 0 aromatic carbocycles. The highest BCUT2D eigenvalue weighted by atomic mass is 16.5. The number of ether oxygens (including phenoxy) is 1. The number of nitrogens with one attached hydrogen (secondary N) is 1. The number of carbonyl (C=O) groups is 2. The summed E-state index contributed by atoms with van der Waals surface area (Å²) in [7, 11) is 0. The molecule has 0 saturated carbocycles. The van der Waals surface area contributed by atoms with E-state index in [0.29, 0.717) is 31.0 Å². The molecule has 3 fully saturated rings. The zero-order valence-corrected chi connectivity index (χ0v) is 14.6. The van der Waals surface area contributed by atoms with Crippen molar-refractivity contribution in [3.8, 4) is 0 Å². The molecule has 3 saturated heterocycles. The van der Waals surface area contributed by atoms with Crippen LogP contribution in [0, 0.1) is 25.7 Å². The van der Waals surface area contributed by atoms with Gasteiger partial charge in [-0.3, -0.25) is 9.59 Å². The normalized spacial score (nSPS) is 32.9. The molecule has 0 aliphatic carbocycles. The third-order valence-corrected chi connectivity index (χ3v) is 6.06. The lowest BCUT2D eigenvalue weighted by atomic mass is 9.73. The highest BCUT2D eigenvalue weighted by Gasteiger charge is 2.63. The summed E-state index contributed by atoms with van der Waals surface area (Å²) >= 11 is 0. The molecule has 7 nitrogen and oxygen atoms in total. The van der Waals surface area contributed by atoms with Crippen molar-refractivity contribution in [1.82, 2.24) is 10.2 Å². The van der Waals surface area contributed by atoms with Crippen molar-refractivity contribution >= 4 is 11.8 Å². The largest absolute Gasteiger partial charge is 0.466 e. The van der Waals surface area contributed by atoms with Crippen LogP contribution in [0.2, 0.25) is 0 Å². The predicted octanol–water partition coefficient (Wildman–Crippen LogP) is 0.625. The number of fused-ring (bicyclic) bond motifs is 1. The number of carbonyl (C=O) groups excluding carboxylic acids is 2. The van der Waals surface area contributed by atoms with Gasteiger partial charge in [-0.2, -0.15) is 0 Å². The molecule has 1 aromatic heterocycles. The van der Waals surface area contributed by atoms with E-state index in [4.69, 9.17) is 14.3 Å². The van der Waals surface area contributed by atoms with Crippen LogP contribution in [0.15, 0.2) is 10.5 Å². The topological polar surface area (TPSA) is 92.0 Å². The van der Waals surface area contributed by atoms with Crippen molar-refractivity contribution in [2.24, 2.45) is 11.8 Å². The summed E-state index contributed by atoms with van der Waals surface area (Å²) in [5.74, 6) is 1.38. The molecular formula is C18H24N2O5. The third-order valence-electron chi connectivity index (χ3n) is 6.06. The standard InChI is InChI=1S/C18H24N2O5/c1-10-5-12(11(2)24-10)17(23)19-6-13-14-7-20(16(22)8-21)9-18(14)4-3-15(13)25-18/h5,13-15,21H,3-4,6-9H2,1-2H3,(H,19,23)/t13-,14+,15+,18+/m0/s1. The Bertz CT molecular complexity index is 714. The van der Waals surface area contributed by atoms with Crippen LogP contribution < -0.4 is 5.32 Å². The number of hydrogen-bond acceptors (Lipinski definition) is 5. The smallest absolute Gasteiger partial charge is 0.254 e. The van der Waals surface area contributed by atoms with E-state index in [0.717, 1.165) is 18.6 Å². The highest BCUT2D eigenvalue weighted by Crippen LogP contribution is 2.54. The van der Waals surface area contributed by atoms with Crippen LogP contribution in [-0.4, -0.2) is 59.8 Å². The minimum atomic E-state index is -0.466. The molecule has 7 heteroatoms. The Morgan fingerprint density at radius 3 is 2.92 bits per heavy atom. The average Bonchev–Trinajstić information content (AvgIpc) is 3.31. The summed E-state index contributed by atoms with van der Waals surface area (Å²) in [6, 6.07) is 1.75. The van der Waals surface area contributed by atoms with Gasteiger partial charge in [-0.25, -0.2) is 0 Å². The van der Waals surface area contributed by atoms with Gasteiger partial charge in [-0.1, -0.05) is 0 Å². The Labute approximate surface area is 146 Å². The maximum absolute atomic E-state index is 12.4. The first-order valence-corrected chi connectivity index (χ1v) is 8.85. The first-order valence-electron chi connectivity index (χ1n) is 8.85. The summed E-state index contributed by atoms with van der Waals surface area (Å²) in [6.45, 7) is 4.82. The minimum Gasteiger partial charge on any atom is -0.466 e. The Morgan fingerprint density at radius 2 is 2.24 bits per heavy atom. The second-order valence-electron chi connectivity index (χ2n) is 7.50. The van der Waals surface area contributed by atoms with E-state index < -0.39 is 6.61 Å². The molecule has 2 N–H and O–H groups in total. The van der Waals surface area contributed by atoms with E-state index in [1.807, 2.05) is 6.92 Å². The number of aryl methyl sites for hydroxylation is 2. The van der Waals surface area contributed by atoms with Gasteiger partial charge in [0.1, 0.15) is 18.1 Å². The number of rotatable bonds is 4. The third kappa shape index (κ3) is 2.57. The van der Waals surface area contributed by atoms with E-state index in [2.05, 4.69) is 5.32 Å². The molecular weight excluding hydrogens is 324 g/mol. The molecule has 136 valence electrons. The molecule has 4 atom stereocenters. The van der Waals surface area contributed by atoms with E-state index in [-0.39, 0.29) is 35.4 Å². The Hall–Kier alpha value is -1.86. The fraction of sp³-hybridized carbons (Fsp3) is 0.667. The number of nitrogens with zero attached hydrogens (tertiary/aromatic N) is 1. The summed E-state index contributed by atoms with van der Waals surface area (Å²) in [4.78, 5) is 26.0. The Morgan fingerprint density at radius 1 is 1.44 bits per heavy atom. The lowest BCUT2D eigenvalue weighted by Gasteiger charge is -2.29. The van der Waals surface area contributed by atoms with Gasteiger partial charge in [0, 0.05) is 24.9 Å². The molecule has 2 bridgehead atoms. The van der Waals surface area contributed by atoms with Gasteiger partial charge in [0.25, 0.3) is 5.91 Å². The van der Waals surface area contributed by atoms with E-state index in [1.165, 1.54) is 0 Å². The van der Waals surface area contributed by atoms with Crippen LogP contribution in [-0.2, 0) is 9.53 Å². The van der Waals surface area contributed by atoms with E-state index in [9.17, 15) is 9.59 Å². The maximum Gasteiger partial charge on any atom is 0.254 e. The molecule has 25 heavy (non-hydrogen) atoms. The van der Waals surface area contributed by atoms with Crippen molar-refractivity contribution in [1.29, 1.82) is 0 Å². The second-order valence-corrected chi connectivity index (χ2v) is 7.50. The van der Waals surface area contributed by atoms with Crippen molar-refractivity contribution in [3.63, 3.8) is 0 Å². The first kappa shape index (κ1) is 16.6. The fourth-order valence-corrected chi connectivity index (χ4v) is 4.92. The van der Waals surface area contributed by atoms with Crippen LogP contribution in [0.4, 0.5) is 0 Å². The minimum absolute atomic E-state index is 0.132. The molecule has 3 aliphatic rings. The summed E-state index contributed by atoms with van der Waals surface area (Å²) < 4.78 is 11.7. The first-order chi connectivity index (χ1) is 11.9. The molecule has 2 amide bonds. The number of likely N-dealkylation sites (tertiary alicyclic amines) is 1. The van der Waals surface area contributed by atoms with Gasteiger partial charge >= 0.3 is 0 Å². The molecule has 3 aliphatic heterocycles. The number of aliphatic hydroxyl groups is 1. The number of aliphatic hydroxyl groups excluding tert-OH is 1. The van der Waals surface area contributed by atoms with Gasteiger partial charge in [0.2, 0.25) is 5.91 Å². The number of furan rings is 1. The highest BCUT2D eigenvalue weighted by molar-refractivity contribution is 5.95. The molecule has 4 heterocycles. The SMILES string of the molecule is Cc1cc(C(=O)NC[C@H]2[C@H]3CN(C(=O)CO)C[C@]34CC[C@H]2O4)c(C)o1. The van der Waals surface area contributed by atoms with Crippen molar-refractivity contribution in [2.75, 3.05) is 26.2 Å². The van der Waals surface area contributed by atoms with Crippen LogP contribution >= 0.6 is 0 Å². The van der Waals surface area contributed by atoms with E-state index in [1.54, 1.807) is 17.9 Å². The molecule has 1 aromatic rings. The van der Waals surface area contributed by atoms with Gasteiger partial charge in [0.15, 0.2) is 0 Å². The van der Waals surface area contributed by atoms with Crippen LogP contribution in [0.25, 0.3) is 0 Å². The van der Waals surface area contributed by atoms with Crippen LogP contribution in [0.5, 0.6) is 0 Å². The lowest BCUT2D eigenvalue weighted by Crippen LogP contribution is -2.41. The van der Waals surface area contributed by atoms with Gasteiger partial charge in [-0.15, -0.1) is 0 Å². The molecule has 4 rings (SSSR count). The van der Waals surface area contributed by atoms with Crippen LogP contribution in [0.3, 0.4) is 0 Å². The van der Waals surface area contributed by atoms with Crippen molar-refractivity contribution in [3.05, 3.63) is 23.2 Å². The molecule has 0 unspecified atom stereocenters.